The minimum Gasteiger partial charge on any atom is -0.389 e. The standard InChI is InChI=1S/C15H22FNO3/c1-17(13-6-4-12(16)5-7-13)9-14(18)10-19-11-15-3-2-8-20-15/h4-7,14-15,18H,2-3,8-11H2,1H3. The van der Waals surface area contributed by atoms with Crippen LogP contribution in [-0.2, 0) is 9.47 Å². The van der Waals surface area contributed by atoms with E-state index in [1.165, 1.54) is 12.1 Å². The van der Waals surface area contributed by atoms with Crippen molar-refractivity contribution in [3.8, 4) is 0 Å². The van der Waals surface area contributed by atoms with Gasteiger partial charge in [0.1, 0.15) is 5.82 Å². The van der Waals surface area contributed by atoms with Crippen LogP contribution in [0.15, 0.2) is 24.3 Å². The predicted octanol–water partition coefficient (Wildman–Crippen LogP) is 1.82. The van der Waals surface area contributed by atoms with E-state index >= 15 is 0 Å². The molecular formula is C15H22FNO3. The van der Waals surface area contributed by atoms with Crippen LogP contribution in [-0.4, -0.2) is 50.7 Å². The first-order valence-corrected chi connectivity index (χ1v) is 6.99. The van der Waals surface area contributed by atoms with Crippen molar-refractivity contribution in [1.82, 2.24) is 0 Å². The molecule has 1 fully saturated rings. The Balaban J connectivity index is 1.67. The van der Waals surface area contributed by atoms with Crippen molar-refractivity contribution in [3.05, 3.63) is 30.1 Å². The number of nitrogens with zero attached hydrogens (tertiary/aromatic N) is 1. The fourth-order valence-corrected chi connectivity index (χ4v) is 2.28. The average molecular weight is 283 g/mol. The number of aliphatic hydroxyl groups excluding tert-OH is 1. The van der Waals surface area contributed by atoms with E-state index in [4.69, 9.17) is 9.47 Å². The molecular weight excluding hydrogens is 261 g/mol. The molecule has 0 aromatic heterocycles. The Morgan fingerprint density at radius 3 is 2.85 bits per heavy atom. The second-order valence-corrected chi connectivity index (χ2v) is 5.18. The summed E-state index contributed by atoms with van der Waals surface area (Å²) < 4.78 is 23.7. The number of halogens is 1. The lowest BCUT2D eigenvalue weighted by molar-refractivity contribution is -0.0147. The van der Waals surface area contributed by atoms with Crippen LogP contribution >= 0.6 is 0 Å². The lowest BCUT2D eigenvalue weighted by atomic mass is 10.2. The third-order valence-corrected chi connectivity index (χ3v) is 3.39. The molecule has 0 saturated carbocycles. The van der Waals surface area contributed by atoms with Crippen LogP contribution in [0.25, 0.3) is 0 Å². The summed E-state index contributed by atoms with van der Waals surface area (Å²) in [5.41, 5.74) is 0.865. The van der Waals surface area contributed by atoms with Gasteiger partial charge in [-0.25, -0.2) is 4.39 Å². The lowest BCUT2D eigenvalue weighted by Crippen LogP contribution is -2.33. The van der Waals surface area contributed by atoms with E-state index < -0.39 is 6.10 Å². The maximum Gasteiger partial charge on any atom is 0.123 e. The normalized spacial score (nSPS) is 20.1. The molecule has 4 nitrogen and oxygen atoms in total. The highest BCUT2D eigenvalue weighted by Gasteiger charge is 2.16. The molecule has 0 spiro atoms. The minimum absolute atomic E-state index is 0.178. The number of ether oxygens (including phenoxy) is 2. The quantitative estimate of drug-likeness (QED) is 0.829. The Hall–Kier alpha value is -1.17. The van der Waals surface area contributed by atoms with Crippen molar-refractivity contribution < 1.29 is 19.0 Å². The molecule has 0 bridgehead atoms. The van der Waals surface area contributed by atoms with Crippen molar-refractivity contribution in [2.75, 3.05) is 38.3 Å². The molecule has 0 radical (unpaired) electrons. The Bertz CT molecular complexity index is 393. The van der Waals surface area contributed by atoms with Crippen LogP contribution in [0.5, 0.6) is 0 Å². The summed E-state index contributed by atoms with van der Waals surface area (Å²) in [6.07, 6.45) is 1.72. The van der Waals surface area contributed by atoms with Crippen LogP contribution in [0.1, 0.15) is 12.8 Å². The fourth-order valence-electron chi connectivity index (χ4n) is 2.28. The van der Waals surface area contributed by atoms with Crippen molar-refractivity contribution in [2.45, 2.75) is 25.0 Å². The van der Waals surface area contributed by atoms with Crippen molar-refractivity contribution in [2.24, 2.45) is 0 Å². The summed E-state index contributed by atoms with van der Waals surface area (Å²) in [4.78, 5) is 1.87. The zero-order valence-electron chi connectivity index (χ0n) is 11.8. The van der Waals surface area contributed by atoms with E-state index in [9.17, 15) is 9.50 Å². The second-order valence-electron chi connectivity index (χ2n) is 5.18. The Morgan fingerprint density at radius 1 is 1.45 bits per heavy atom. The van der Waals surface area contributed by atoms with Gasteiger partial charge in [0.05, 0.1) is 25.4 Å². The SMILES string of the molecule is CN(CC(O)COCC1CCCO1)c1ccc(F)cc1. The largest absolute Gasteiger partial charge is 0.389 e. The van der Waals surface area contributed by atoms with Crippen molar-refractivity contribution in [1.29, 1.82) is 0 Å². The highest BCUT2D eigenvalue weighted by molar-refractivity contribution is 5.45. The van der Waals surface area contributed by atoms with E-state index in [1.807, 2.05) is 11.9 Å². The summed E-state index contributed by atoms with van der Waals surface area (Å²) in [6, 6.07) is 6.20. The number of aliphatic hydroxyl groups is 1. The maximum atomic E-state index is 12.8. The second kappa shape index (κ2) is 7.57. The molecule has 0 aliphatic carbocycles. The van der Waals surface area contributed by atoms with E-state index in [0.29, 0.717) is 13.2 Å². The summed E-state index contributed by atoms with van der Waals surface area (Å²) in [5, 5.41) is 9.93. The van der Waals surface area contributed by atoms with Gasteiger partial charge in [0, 0.05) is 25.9 Å². The predicted molar refractivity (Wildman–Crippen MR) is 75.5 cm³/mol. The first-order valence-electron chi connectivity index (χ1n) is 6.99. The summed E-state index contributed by atoms with van der Waals surface area (Å²) in [6.45, 7) is 2.07. The number of anilines is 1. The molecule has 20 heavy (non-hydrogen) atoms. The monoisotopic (exact) mass is 283 g/mol. The zero-order chi connectivity index (χ0) is 14.4. The van der Waals surface area contributed by atoms with Gasteiger partial charge in [0.15, 0.2) is 0 Å². The highest BCUT2D eigenvalue weighted by Crippen LogP contribution is 2.14. The van der Waals surface area contributed by atoms with Gasteiger partial charge < -0.3 is 19.5 Å². The van der Waals surface area contributed by atoms with Gasteiger partial charge in [0.25, 0.3) is 0 Å². The summed E-state index contributed by atoms with van der Waals surface area (Å²) in [7, 11) is 1.86. The first kappa shape index (κ1) is 15.2. The molecule has 1 aromatic rings. The molecule has 2 rings (SSSR count). The molecule has 5 heteroatoms. The Kier molecular flexibility index (Phi) is 5.76. The Morgan fingerprint density at radius 2 is 2.20 bits per heavy atom. The molecule has 112 valence electrons. The maximum absolute atomic E-state index is 12.8. The zero-order valence-corrected chi connectivity index (χ0v) is 11.8. The molecule has 2 unspecified atom stereocenters. The molecule has 1 aromatic carbocycles. The minimum atomic E-state index is -0.577. The van der Waals surface area contributed by atoms with E-state index in [0.717, 1.165) is 25.1 Å². The third kappa shape index (κ3) is 4.74. The van der Waals surface area contributed by atoms with Gasteiger partial charge >= 0.3 is 0 Å². The van der Waals surface area contributed by atoms with E-state index in [1.54, 1.807) is 12.1 Å². The van der Waals surface area contributed by atoms with Gasteiger partial charge in [0.2, 0.25) is 0 Å². The number of benzene rings is 1. The molecule has 1 saturated heterocycles. The van der Waals surface area contributed by atoms with Crippen molar-refractivity contribution in [3.63, 3.8) is 0 Å². The smallest absolute Gasteiger partial charge is 0.123 e. The average Bonchev–Trinajstić information content (AvgIpc) is 2.92. The Labute approximate surface area is 119 Å². The fraction of sp³-hybridized carbons (Fsp3) is 0.600. The van der Waals surface area contributed by atoms with Gasteiger partial charge in [-0.05, 0) is 37.1 Å². The number of hydrogen-bond donors (Lipinski definition) is 1. The molecule has 1 aliphatic heterocycles. The van der Waals surface area contributed by atoms with Gasteiger partial charge in [-0.15, -0.1) is 0 Å². The van der Waals surface area contributed by atoms with Gasteiger partial charge in [-0.2, -0.15) is 0 Å². The lowest BCUT2D eigenvalue weighted by Gasteiger charge is -2.23. The number of likely N-dealkylation sites (N-methyl/N-ethyl adjacent to an activating group) is 1. The van der Waals surface area contributed by atoms with Crippen molar-refractivity contribution >= 4 is 5.69 Å². The van der Waals surface area contributed by atoms with Crippen LogP contribution < -0.4 is 4.90 Å². The van der Waals surface area contributed by atoms with Gasteiger partial charge in [-0.3, -0.25) is 0 Å². The molecule has 1 aliphatic rings. The van der Waals surface area contributed by atoms with Crippen LogP contribution in [0.2, 0.25) is 0 Å². The molecule has 2 atom stereocenters. The van der Waals surface area contributed by atoms with Crippen LogP contribution in [0, 0.1) is 5.82 Å². The third-order valence-electron chi connectivity index (χ3n) is 3.39. The highest BCUT2D eigenvalue weighted by atomic mass is 19.1. The topological polar surface area (TPSA) is 41.9 Å². The number of hydrogen-bond acceptors (Lipinski definition) is 4. The summed E-state index contributed by atoms with van der Waals surface area (Å²) >= 11 is 0. The molecule has 0 amide bonds. The number of rotatable bonds is 7. The first-order chi connectivity index (χ1) is 9.65. The van der Waals surface area contributed by atoms with E-state index in [2.05, 4.69) is 0 Å². The molecule has 1 heterocycles. The summed E-state index contributed by atoms with van der Waals surface area (Å²) in [5.74, 6) is -0.261. The van der Waals surface area contributed by atoms with E-state index in [-0.39, 0.29) is 18.5 Å². The van der Waals surface area contributed by atoms with Gasteiger partial charge in [-0.1, -0.05) is 0 Å². The van der Waals surface area contributed by atoms with Crippen LogP contribution in [0.3, 0.4) is 0 Å². The van der Waals surface area contributed by atoms with Crippen LogP contribution in [0.4, 0.5) is 10.1 Å². The molecule has 1 N–H and O–H groups in total.